The minimum atomic E-state index is -0.376. The van der Waals surface area contributed by atoms with Crippen LogP contribution in [0.5, 0.6) is 0 Å². The molecule has 1 fully saturated rings. The third kappa shape index (κ3) is 3.59. The maximum absolute atomic E-state index is 11.5. The first-order valence-corrected chi connectivity index (χ1v) is 7.53. The first-order chi connectivity index (χ1) is 10.0. The van der Waals surface area contributed by atoms with Crippen molar-refractivity contribution in [2.75, 3.05) is 23.3 Å². The van der Waals surface area contributed by atoms with Gasteiger partial charge in [-0.15, -0.1) is 0 Å². The van der Waals surface area contributed by atoms with E-state index >= 15 is 0 Å². The Bertz CT molecular complexity index is 508. The fourth-order valence-corrected chi connectivity index (χ4v) is 2.59. The molecule has 1 aliphatic heterocycles. The van der Waals surface area contributed by atoms with Gasteiger partial charge in [-0.2, -0.15) is 0 Å². The van der Waals surface area contributed by atoms with Crippen molar-refractivity contribution in [3.8, 4) is 0 Å². The molecular weight excluding hydrogens is 270 g/mol. The van der Waals surface area contributed by atoms with E-state index in [0.29, 0.717) is 17.6 Å². The average molecular weight is 293 g/mol. The summed E-state index contributed by atoms with van der Waals surface area (Å²) in [6, 6.07) is 0.131. The number of hydrogen-bond acceptors (Lipinski definition) is 6. The highest BCUT2D eigenvalue weighted by molar-refractivity contribution is 5.70. The molecule has 2 atom stereocenters. The lowest BCUT2D eigenvalue weighted by molar-refractivity contribution is -0.383. The number of anilines is 2. The summed E-state index contributed by atoms with van der Waals surface area (Å²) >= 11 is 0. The molecule has 0 spiro atoms. The molecule has 2 heterocycles. The maximum Gasteiger partial charge on any atom is 0.353 e. The predicted molar refractivity (Wildman–Crippen MR) is 82.7 cm³/mol. The van der Waals surface area contributed by atoms with Crippen LogP contribution >= 0.6 is 0 Å². The van der Waals surface area contributed by atoms with Gasteiger partial charge in [0.2, 0.25) is 11.6 Å². The summed E-state index contributed by atoms with van der Waals surface area (Å²) in [7, 11) is 0. The standard InChI is InChI=1S/C14H23N5O2/c1-4-11(3)17-13-12(19(20)21)14(16-9-15-13)18-7-5-6-10(2)8-18/h9-11H,4-8H2,1-3H3,(H,15,16,17). The predicted octanol–water partition coefficient (Wildman–Crippen LogP) is 2.83. The molecule has 0 radical (unpaired) electrons. The largest absolute Gasteiger partial charge is 0.362 e. The van der Waals surface area contributed by atoms with E-state index in [-0.39, 0.29) is 16.7 Å². The monoisotopic (exact) mass is 293 g/mol. The average Bonchev–Trinajstić information content (AvgIpc) is 2.46. The molecule has 1 saturated heterocycles. The number of nitrogens with one attached hydrogen (secondary N) is 1. The van der Waals surface area contributed by atoms with Crippen LogP contribution in [0.3, 0.4) is 0 Å². The Morgan fingerprint density at radius 1 is 1.57 bits per heavy atom. The fraction of sp³-hybridized carbons (Fsp3) is 0.714. The zero-order chi connectivity index (χ0) is 15.4. The summed E-state index contributed by atoms with van der Waals surface area (Å²) in [4.78, 5) is 21.4. The van der Waals surface area contributed by atoms with Crippen LogP contribution in [-0.2, 0) is 0 Å². The third-order valence-corrected chi connectivity index (χ3v) is 3.94. The van der Waals surface area contributed by atoms with Gasteiger partial charge < -0.3 is 10.2 Å². The number of hydrogen-bond donors (Lipinski definition) is 1. The smallest absolute Gasteiger partial charge is 0.353 e. The lowest BCUT2D eigenvalue weighted by atomic mass is 10.0. The maximum atomic E-state index is 11.5. The molecule has 0 amide bonds. The summed E-state index contributed by atoms with van der Waals surface area (Å²) in [5.41, 5.74) is -0.00750. The van der Waals surface area contributed by atoms with Crippen LogP contribution in [0, 0.1) is 16.0 Å². The van der Waals surface area contributed by atoms with Crippen molar-refractivity contribution in [2.45, 2.75) is 46.1 Å². The van der Waals surface area contributed by atoms with Crippen LogP contribution in [0.15, 0.2) is 6.33 Å². The summed E-state index contributed by atoms with van der Waals surface area (Å²) < 4.78 is 0. The Morgan fingerprint density at radius 3 is 2.95 bits per heavy atom. The van der Waals surface area contributed by atoms with Gasteiger partial charge >= 0.3 is 5.69 Å². The second-order valence-corrected chi connectivity index (χ2v) is 5.80. The lowest BCUT2D eigenvalue weighted by Gasteiger charge is -2.31. The van der Waals surface area contributed by atoms with Crippen molar-refractivity contribution in [3.05, 3.63) is 16.4 Å². The SMILES string of the molecule is CCC(C)Nc1ncnc(N2CCCC(C)C2)c1[N+](=O)[O-]. The van der Waals surface area contributed by atoms with Crippen LogP contribution in [0.1, 0.15) is 40.0 Å². The Labute approximate surface area is 124 Å². The normalized spacial score (nSPS) is 20.1. The van der Waals surface area contributed by atoms with E-state index in [2.05, 4.69) is 22.2 Å². The highest BCUT2D eigenvalue weighted by Gasteiger charge is 2.29. The minimum absolute atomic E-state index is 0.00750. The van der Waals surface area contributed by atoms with Gasteiger partial charge in [-0.1, -0.05) is 13.8 Å². The third-order valence-electron chi connectivity index (χ3n) is 3.94. The molecule has 1 N–H and O–H groups in total. The van der Waals surface area contributed by atoms with Gasteiger partial charge in [-0.3, -0.25) is 10.1 Å². The Balaban J connectivity index is 2.36. The molecular formula is C14H23N5O2. The van der Waals surface area contributed by atoms with Crippen LogP contribution in [0.25, 0.3) is 0 Å². The molecule has 1 aromatic rings. The van der Waals surface area contributed by atoms with E-state index in [1.807, 2.05) is 18.7 Å². The highest BCUT2D eigenvalue weighted by Crippen LogP contribution is 2.34. The second-order valence-electron chi connectivity index (χ2n) is 5.80. The zero-order valence-corrected chi connectivity index (χ0v) is 12.9. The number of aromatic nitrogens is 2. The highest BCUT2D eigenvalue weighted by atomic mass is 16.6. The molecule has 1 aromatic heterocycles. The van der Waals surface area contributed by atoms with E-state index in [1.165, 1.54) is 6.33 Å². The minimum Gasteiger partial charge on any atom is -0.362 e. The molecule has 0 aliphatic carbocycles. The van der Waals surface area contributed by atoms with Gasteiger partial charge in [0.1, 0.15) is 6.33 Å². The Kier molecular flexibility index (Phi) is 4.93. The number of piperidine rings is 1. The van der Waals surface area contributed by atoms with E-state index in [9.17, 15) is 10.1 Å². The van der Waals surface area contributed by atoms with Crippen LogP contribution in [0.4, 0.5) is 17.3 Å². The van der Waals surface area contributed by atoms with Crippen LogP contribution in [-0.4, -0.2) is 34.0 Å². The summed E-state index contributed by atoms with van der Waals surface area (Å²) in [5.74, 6) is 1.28. The number of nitrogens with zero attached hydrogens (tertiary/aromatic N) is 4. The van der Waals surface area contributed by atoms with Gasteiger partial charge in [0.25, 0.3) is 0 Å². The first kappa shape index (κ1) is 15.5. The Morgan fingerprint density at radius 2 is 2.33 bits per heavy atom. The number of rotatable bonds is 5. The van der Waals surface area contributed by atoms with E-state index in [0.717, 1.165) is 32.4 Å². The van der Waals surface area contributed by atoms with E-state index in [1.54, 1.807) is 0 Å². The van der Waals surface area contributed by atoms with Gasteiger partial charge in [0.05, 0.1) is 4.92 Å². The van der Waals surface area contributed by atoms with Gasteiger partial charge in [0, 0.05) is 19.1 Å². The summed E-state index contributed by atoms with van der Waals surface area (Å²) in [6.45, 7) is 7.79. The fourth-order valence-electron chi connectivity index (χ4n) is 2.59. The molecule has 7 heteroatoms. The van der Waals surface area contributed by atoms with Gasteiger partial charge in [0.15, 0.2) is 0 Å². The van der Waals surface area contributed by atoms with Crippen molar-refractivity contribution in [2.24, 2.45) is 5.92 Å². The second kappa shape index (κ2) is 6.69. The molecule has 2 rings (SSSR count). The quantitative estimate of drug-likeness (QED) is 0.664. The van der Waals surface area contributed by atoms with E-state index < -0.39 is 0 Å². The first-order valence-electron chi connectivity index (χ1n) is 7.53. The van der Waals surface area contributed by atoms with Crippen molar-refractivity contribution in [3.63, 3.8) is 0 Å². The molecule has 0 saturated carbocycles. The van der Waals surface area contributed by atoms with Crippen molar-refractivity contribution < 1.29 is 4.92 Å². The van der Waals surface area contributed by atoms with Crippen molar-refractivity contribution in [1.82, 2.24) is 9.97 Å². The topological polar surface area (TPSA) is 84.2 Å². The lowest BCUT2D eigenvalue weighted by Crippen LogP contribution is -2.35. The van der Waals surface area contributed by atoms with Crippen molar-refractivity contribution >= 4 is 17.3 Å². The summed E-state index contributed by atoms with van der Waals surface area (Å²) in [6.07, 6.45) is 4.48. The Hall–Kier alpha value is -1.92. The zero-order valence-electron chi connectivity index (χ0n) is 12.9. The number of nitro groups is 1. The van der Waals surface area contributed by atoms with Crippen LogP contribution < -0.4 is 10.2 Å². The molecule has 116 valence electrons. The molecule has 0 bridgehead atoms. The van der Waals surface area contributed by atoms with E-state index in [4.69, 9.17) is 0 Å². The van der Waals surface area contributed by atoms with Crippen LogP contribution in [0.2, 0.25) is 0 Å². The molecule has 0 aromatic carbocycles. The molecule has 1 aliphatic rings. The van der Waals surface area contributed by atoms with Gasteiger partial charge in [-0.05, 0) is 32.1 Å². The molecule has 21 heavy (non-hydrogen) atoms. The molecule has 7 nitrogen and oxygen atoms in total. The van der Waals surface area contributed by atoms with Crippen molar-refractivity contribution in [1.29, 1.82) is 0 Å². The molecule has 2 unspecified atom stereocenters. The summed E-state index contributed by atoms with van der Waals surface area (Å²) in [5, 5.41) is 14.6. The van der Waals surface area contributed by atoms with Gasteiger partial charge in [-0.25, -0.2) is 9.97 Å².